The van der Waals surface area contributed by atoms with Gasteiger partial charge in [-0.1, -0.05) is 80.6 Å². The van der Waals surface area contributed by atoms with Gasteiger partial charge < -0.3 is 57.8 Å². The lowest BCUT2D eigenvalue weighted by Gasteiger charge is -2.47. The van der Waals surface area contributed by atoms with Crippen LogP contribution in [0.3, 0.4) is 0 Å². The van der Waals surface area contributed by atoms with Gasteiger partial charge in [0.25, 0.3) is 0 Å². The van der Waals surface area contributed by atoms with Crippen molar-refractivity contribution in [3.05, 3.63) is 138 Å². The van der Waals surface area contributed by atoms with Gasteiger partial charge in [0.2, 0.25) is 5.78 Å². The lowest BCUT2D eigenvalue weighted by Crippen LogP contribution is -2.63. The van der Waals surface area contributed by atoms with Crippen LogP contribution < -0.4 is 19.9 Å². The average molecular weight is 1280 g/mol. The molecule has 0 bridgehead atoms. The van der Waals surface area contributed by atoms with Crippen molar-refractivity contribution in [3.63, 3.8) is 0 Å². The van der Waals surface area contributed by atoms with Gasteiger partial charge >= 0.3 is 37.4 Å². The predicted octanol–water partition coefficient (Wildman–Crippen LogP) is 9.33. The number of nitrogen functional groups attached to an aromatic ring is 1. The van der Waals surface area contributed by atoms with Gasteiger partial charge in [0, 0.05) is 53.1 Å². The highest BCUT2D eigenvalue weighted by atomic mass is 31.2. The summed E-state index contributed by atoms with van der Waals surface area (Å²) in [5.41, 5.74) is 7.70. The van der Waals surface area contributed by atoms with Gasteiger partial charge in [0.05, 0.1) is 33.8 Å². The Bertz CT molecular complexity index is 3440. The monoisotopic (exact) mass is 1280 g/mol. The largest absolute Gasteiger partial charge is 0.497 e. The molecule has 2 N–H and O–H groups in total. The third kappa shape index (κ3) is 15.7. The van der Waals surface area contributed by atoms with E-state index in [0.717, 1.165) is 33.3 Å². The fourth-order valence-electron chi connectivity index (χ4n) is 11.4. The molecule has 0 radical (unpaired) electrons. The van der Waals surface area contributed by atoms with Gasteiger partial charge in [-0.3, -0.25) is 37.6 Å². The van der Waals surface area contributed by atoms with E-state index in [-0.39, 0.29) is 54.7 Å². The minimum Gasteiger partial charge on any atom is -0.497 e. The zero-order valence-corrected chi connectivity index (χ0v) is 54.3. The minimum absolute atomic E-state index is 0.0427. The normalized spacial score (nSPS) is 21.5. The van der Waals surface area contributed by atoms with E-state index >= 15 is 9.36 Å². The topological polar surface area (TPSA) is 295 Å². The highest BCUT2D eigenvalue weighted by Gasteiger charge is 2.63. The first-order valence-electron chi connectivity index (χ1n) is 29.9. The molecule has 0 saturated carbocycles. The summed E-state index contributed by atoms with van der Waals surface area (Å²) < 4.78 is 102. The van der Waals surface area contributed by atoms with Gasteiger partial charge in [-0.15, -0.1) is 0 Å². The van der Waals surface area contributed by atoms with Crippen molar-refractivity contribution in [2.24, 2.45) is 0 Å². The highest BCUT2D eigenvalue weighted by Crippen LogP contribution is 2.59. The molecular formula is C65H81N6O19P. The van der Waals surface area contributed by atoms with Crippen molar-refractivity contribution in [1.29, 1.82) is 0 Å². The molecule has 2 aliphatic heterocycles. The molecule has 2 aromatic heterocycles. The highest BCUT2D eigenvalue weighted by molar-refractivity contribution is 7.51. The van der Waals surface area contributed by atoms with Crippen molar-refractivity contribution in [2.45, 2.75) is 168 Å². The summed E-state index contributed by atoms with van der Waals surface area (Å²) in [5, 5.41) is 0. The molecule has 0 spiro atoms. The second-order valence-electron chi connectivity index (χ2n) is 22.8. The van der Waals surface area contributed by atoms with Crippen molar-refractivity contribution in [2.75, 3.05) is 39.8 Å². The molecule has 4 aromatic carbocycles. The second-order valence-corrected chi connectivity index (χ2v) is 24.7. The minimum atomic E-state index is -4.69. The molecule has 0 aliphatic carbocycles. The van der Waals surface area contributed by atoms with Gasteiger partial charge in [-0.05, 0) is 98.7 Å². The number of imidazole rings is 1. The van der Waals surface area contributed by atoms with E-state index in [4.69, 9.17) is 66.9 Å². The van der Waals surface area contributed by atoms with Crippen LogP contribution in [-0.4, -0.2) is 149 Å². The van der Waals surface area contributed by atoms with Crippen LogP contribution in [0.4, 0.5) is 5.82 Å². The number of nitrogens with zero attached hydrogens (tertiary/aromatic N) is 5. The fraction of sp³-hybridized carbons (Fsp3) is 0.477. The summed E-state index contributed by atoms with van der Waals surface area (Å²) in [6.45, 7) is 16.2. The third-order valence-corrected chi connectivity index (χ3v) is 17.9. The fourth-order valence-corrected chi connectivity index (χ4v) is 13.7. The number of nitrogens with two attached hydrogens (primary N) is 1. The number of carbonyl (C=O) groups is 5. The number of benzene rings is 4. The summed E-state index contributed by atoms with van der Waals surface area (Å²) in [4.78, 5) is 78.8. The number of hydrogen-bond acceptors (Lipinski definition) is 23. The predicted molar refractivity (Wildman–Crippen MR) is 329 cm³/mol. The molecule has 2 saturated heterocycles. The van der Waals surface area contributed by atoms with Crippen LogP contribution in [-0.2, 0) is 81.1 Å². The maximum atomic E-state index is 16.6. The Hall–Kier alpha value is -7.87. The van der Waals surface area contributed by atoms with Crippen LogP contribution >= 0.6 is 7.75 Å². The number of fused-ring (bicyclic) bond motifs is 1. The maximum absolute atomic E-state index is 16.6. The molecule has 2 aliphatic rings. The summed E-state index contributed by atoms with van der Waals surface area (Å²) in [5.74, 6) is -4.92. The van der Waals surface area contributed by atoms with Crippen LogP contribution in [0.15, 0.2) is 116 Å². The number of ether oxygens (including phenoxy) is 11. The van der Waals surface area contributed by atoms with Crippen LogP contribution in [0.1, 0.15) is 123 Å². The van der Waals surface area contributed by atoms with Crippen molar-refractivity contribution in [1.82, 2.24) is 24.2 Å². The number of esters is 4. The Morgan fingerprint density at radius 3 is 1.79 bits per heavy atom. The Morgan fingerprint density at radius 2 is 1.25 bits per heavy atom. The molecule has 0 amide bonds. The van der Waals surface area contributed by atoms with Crippen molar-refractivity contribution < 1.29 is 89.7 Å². The number of aromatic nitrogens is 4. The molecule has 8 rings (SSSR count). The Kier molecular flexibility index (Phi) is 22.8. The van der Waals surface area contributed by atoms with E-state index in [1.54, 1.807) is 59.9 Å². The Morgan fingerprint density at radius 1 is 0.692 bits per heavy atom. The molecule has 91 heavy (non-hydrogen) atoms. The second kappa shape index (κ2) is 30.0. The van der Waals surface area contributed by atoms with Gasteiger partial charge in [0.15, 0.2) is 42.2 Å². The first-order chi connectivity index (χ1) is 43.3. The number of Topliss-reactive ketones (excluding diaryl/α,β-unsaturated/α-hetero) is 1. The quantitative estimate of drug-likeness (QED) is 0.0114. The summed E-state index contributed by atoms with van der Waals surface area (Å²) in [6, 6.07) is 30.0. The molecule has 2 fully saturated rings. The van der Waals surface area contributed by atoms with E-state index in [2.05, 4.69) is 28.8 Å². The van der Waals surface area contributed by atoms with Gasteiger partial charge in [-0.2, -0.15) is 0 Å². The molecule has 10 atom stereocenters. The van der Waals surface area contributed by atoms with E-state index in [0.29, 0.717) is 28.2 Å². The Labute approximate surface area is 528 Å². The molecule has 2 unspecified atom stereocenters. The molecule has 4 heterocycles. The van der Waals surface area contributed by atoms with Gasteiger partial charge in [0.1, 0.15) is 59.7 Å². The SMILES string of the molecule is COc1ccc(C(O[14C](Oc2ccc(C(C)C)cc2)(C(C)=O)[C@H]2O[C@@H](n3cnc4c(N)ncnc43)C[C@@H]2OP(=O)(OCCCO[C@@H]2O[C@H](COC(C)=O)[C@@H](OC(C)=O)[C@H](OC(C)=O)[C@H]2OC(C)=O)N(C(C)C)C(C)C)(c2ccccc2)c2ccc(OC)cc2)cc1. The van der Waals surface area contributed by atoms with E-state index in [1.807, 2.05) is 94.4 Å². The standard InChI is InChI=1S/C65H81N6O19P/c1-38(2)46-20-26-52(27-21-46)88-65(41(7)72,90-64(47-18-15-14-16-19-47,48-22-28-50(78-12)29-23-48)49-24-30-51(79-13)31-25-49)60-53(34-55(87-60)70-37-69-56-61(66)67-36-68-62(56)70)89-91(77,71(39(3)4)40(5)6)82-33-17-32-80-63-59(85-45(11)76)58(84-44(10)75)57(83-43(9)74)54(86-63)35-81-42(8)73/h14-16,18-31,36-40,53-55,57-60,63H,17,32-35H2,1-13H3,(H2,66,67,68)/t53-,54+,55+,57+,58-,59+,60-,63+,65?,91?/m0/s1/i65+2. The molecule has 26 heteroatoms. The summed E-state index contributed by atoms with van der Waals surface area (Å²) in [6.07, 6.45) is -8.89. The first kappa shape index (κ1) is 69.0. The van der Waals surface area contributed by atoms with Crippen LogP contribution in [0.2, 0.25) is 0 Å². The Balaban J connectivity index is 1.26. The summed E-state index contributed by atoms with van der Waals surface area (Å²) >= 11 is 0. The number of carbonyl (C=O) groups excluding carboxylic acids is 5. The lowest BCUT2D eigenvalue weighted by atomic mass is 9.80. The third-order valence-electron chi connectivity index (χ3n) is 15.3. The first-order valence-corrected chi connectivity index (χ1v) is 31.4. The van der Waals surface area contributed by atoms with E-state index < -0.39 is 117 Å². The number of anilines is 1. The van der Waals surface area contributed by atoms with Gasteiger partial charge in [-0.25, -0.2) is 24.2 Å². The summed E-state index contributed by atoms with van der Waals surface area (Å²) in [7, 11) is -1.58. The smallest absolute Gasteiger partial charge is 0.409 e. The number of rotatable bonds is 29. The molecule has 6 aromatic rings. The van der Waals surface area contributed by atoms with Crippen molar-refractivity contribution in [3.8, 4) is 17.2 Å². The zero-order valence-electron chi connectivity index (χ0n) is 53.4. The number of methoxy groups -OCH3 is 2. The lowest BCUT2D eigenvalue weighted by molar-refractivity contribution is -0.308. The number of ketones is 1. The van der Waals surface area contributed by atoms with Crippen LogP contribution in [0, 0.1) is 0 Å². The average Bonchev–Trinajstić information content (AvgIpc) is 1.71. The number of hydrogen-bond donors (Lipinski definition) is 1. The van der Waals surface area contributed by atoms with E-state index in [1.165, 1.54) is 19.6 Å². The zero-order chi connectivity index (χ0) is 66.0. The van der Waals surface area contributed by atoms with Crippen LogP contribution in [0.25, 0.3) is 11.2 Å². The molecular weight excluding hydrogens is 1200 g/mol. The molecule has 490 valence electrons. The maximum Gasteiger partial charge on any atom is 0.409 e. The van der Waals surface area contributed by atoms with Crippen LogP contribution in [0.5, 0.6) is 17.2 Å². The molecule has 25 nitrogen and oxygen atoms in total. The van der Waals surface area contributed by atoms with E-state index in [9.17, 15) is 19.2 Å². The van der Waals surface area contributed by atoms with Crippen molar-refractivity contribution >= 4 is 54.4 Å².